The molecule has 2 nitrogen and oxygen atoms in total. The molecule has 14 rings (SSSR count). The van der Waals surface area contributed by atoms with Crippen LogP contribution in [0.4, 0.5) is 34.1 Å². The molecule has 2 spiro atoms. The molecule has 10 aromatic carbocycles. The van der Waals surface area contributed by atoms with Gasteiger partial charge in [-0.1, -0.05) is 181 Å². The molecule has 0 bridgehead atoms. The third-order valence-electron chi connectivity index (χ3n) is 15.2. The van der Waals surface area contributed by atoms with Crippen LogP contribution in [-0.2, 0) is 10.8 Å². The molecular formula is C66H46N2. The second-order valence-corrected chi connectivity index (χ2v) is 18.6. The van der Waals surface area contributed by atoms with Gasteiger partial charge in [0, 0.05) is 38.2 Å². The highest BCUT2D eigenvalue weighted by molar-refractivity contribution is 6.20. The normalized spacial score (nSPS) is 18.2. The molecule has 0 amide bonds. The van der Waals surface area contributed by atoms with Crippen molar-refractivity contribution < 1.29 is 4.11 Å². The number of hydrogen-bond donors (Lipinski definition) is 0. The second-order valence-electron chi connectivity index (χ2n) is 18.6. The van der Waals surface area contributed by atoms with E-state index in [9.17, 15) is 0 Å². The van der Waals surface area contributed by atoms with Crippen molar-refractivity contribution in [2.45, 2.75) is 24.6 Å². The zero-order valence-corrected chi connectivity index (χ0v) is 37.5. The lowest BCUT2D eigenvalue weighted by Crippen LogP contribution is -2.29. The van der Waals surface area contributed by atoms with Gasteiger partial charge in [-0.15, -0.1) is 0 Å². The van der Waals surface area contributed by atoms with Crippen molar-refractivity contribution in [2.24, 2.45) is 0 Å². The molecule has 4 aliphatic carbocycles. The Morgan fingerprint density at radius 1 is 0.279 bits per heavy atom. The number of aryl methyl sites for hydroxylation is 2. The van der Waals surface area contributed by atoms with Gasteiger partial charge in [-0.3, -0.25) is 0 Å². The molecule has 0 heterocycles. The molecule has 0 fully saturated rings. The van der Waals surface area contributed by atoms with Crippen LogP contribution in [0.15, 0.2) is 243 Å². The average Bonchev–Trinajstić information content (AvgIpc) is 4.08. The first-order valence-electron chi connectivity index (χ1n) is 25.1. The number of hydrogen-bond acceptors (Lipinski definition) is 2. The van der Waals surface area contributed by atoms with Crippen molar-refractivity contribution in [1.29, 1.82) is 0 Å². The first-order chi connectivity index (χ1) is 34.8. The molecule has 2 atom stereocenters. The van der Waals surface area contributed by atoms with E-state index in [0.717, 1.165) is 73.1 Å². The summed E-state index contributed by atoms with van der Waals surface area (Å²) >= 11 is 0. The summed E-state index contributed by atoms with van der Waals surface area (Å²) in [5.74, 6) is 0. The highest BCUT2D eigenvalue weighted by Crippen LogP contribution is 2.75. The van der Waals surface area contributed by atoms with Crippen LogP contribution in [-0.4, -0.2) is 0 Å². The molecule has 0 aromatic heterocycles. The summed E-state index contributed by atoms with van der Waals surface area (Å²) < 4.78 is 26.6. The first kappa shape index (κ1) is 35.8. The summed E-state index contributed by atoms with van der Waals surface area (Å²) in [5, 5.41) is 0. The molecule has 10 aromatic rings. The molecule has 0 aliphatic heterocycles. The summed E-state index contributed by atoms with van der Waals surface area (Å²) in [7, 11) is 0. The van der Waals surface area contributed by atoms with E-state index < -0.39 is 17.7 Å². The average molecular weight is 870 g/mol. The van der Waals surface area contributed by atoms with Gasteiger partial charge in [0.2, 0.25) is 0 Å². The predicted octanol–water partition coefficient (Wildman–Crippen LogP) is 16.8. The Bertz CT molecular complexity index is 3750. The van der Waals surface area contributed by atoms with E-state index in [2.05, 4.69) is 247 Å². The Morgan fingerprint density at radius 3 is 1.01 bits per heavy atom. The maximum Gasteiger partial charge on any atom is 0.0729 e. The third kappa shape index (κ3) is 5.12. The van der Waals surface area contributed by atoms with Gasteiger partial charge in [0.05, 0.1) is 10.8 Å². The number of nitrogens with zero attached hydrogens (tertiary/aromatic N) is 2. The molecule has 0 saturated heterocycles. The molecule has 4 aliphatic rings. The fourth-order valence-electron chi connectivity index (χ4n) is 12.7. The Kier molecular flexibility index (Phi) is 7.63. The lowest BCUT2D eigenvalue weighted by molar-refractivity contribution is 0.825. The minimum absolute atomic E-state index is 0.335. The predicted molar refractivity (Wildman–Crippen MR) is 282 cm³/mol. The molecular weight excluding hydrogens is 821 g/mol. The zero-order valence-electron chi connectivity index (χ0n) is 40.5. The molecule has 0 saturated carbocycles. The molecule has 320 valence electrons. The van der Waals surface area contributed by atoms with Crippen LogP contribution < -0.4 is 9.80 Å². The second kappa shape index (κ2) is 14.5. The van der Waals surface area contributed by atoms with Crippen LogP contribution in [0.25, 0.3) is 33.4 Å². The number of para-hydroxylation sites is 4. The lowest BCUT2D eigenvalue weighted by atomic mass is 9.66. The standard InChI is InChI=1S/C66H46N2/c1-43-31-35-53-51-27-15-17-29-57(51)65(59(53)39-43)61-41-49(67(45-19-7-3-8-20-45)46-21-9-4-10-22-46)33-37-55(61)64-63(65)56-38-34-50(68(47-23-11-5-12-24-47)48-25-13-6-14-26-48)42-62(56)66(64)58-30-18-16-28-52(58)54-36-32-44(2)40-60(54)66/h3-42H,1-2H3/i1D3. The quantitative estimate of drug-likeness (QED) is 0.164. The van der Waals surface area contributed by atoms with Crippen molar-refractivity contribution in [1.82, 2.24) is 0 Å². The van der Waals surface area contributed by atoms with E-state index in [4.69, 9.17) is 4.11 Å². The highest BCUT2D eigenvalue weighted by Gasteiger charge is 2.63. The van der Waals surface area contributed by atoms with Crippen LogP contribution in [0.2, 0.25) is 0 Å². The van der Waals surface area contributed by atoms with Gasteiger partial charge < -0.3 is 9.80 Å². The summed E-state index contributed by atoms with van der Waals surface area (Å²) in [6.07, 6.45) is 0. The van der Waals surface area contributed by atoms with Crippen LogP contribution in [0.1, 0.15) is 59.7 Å². The first-order valence-corrected chi connectivity index (χ1v) is 23.6. The fourth-order valence-corrected chi connectivity index (χ4v) is 12.7. The van der Waals surface area contributed by atoms with E-state index in [1.54, 1.807) is 0 Å². The largest absolute Gasteiger partial charge is 0.310 e. The fraction of sp³-hybridized carbons (Fsp3) is 0.0606. The number of benzene rings is 10. The molecule has 0 radical (unpaired) electrons. The molecule has 68 heavy (non-hydrogen) atoms. The summed E-state index contributed by atoms with van der Waals surface area (Å²) in [4.78, 5) is 4.72. The number of rotatable bonds is 6. The van der Waals surface area contributed by atoms with Gasteiger partial charge in [0.1, 0.15) is 0 Å². The molecule has 2 heteroatoms. The molecule has 0 N–H and O–H groups in total. The van der Waals surface area contributed by atoms with E-state index in [-0.39, 0.29) is 0 Å². The van der Waals surface area contributed by atoms with Crippen molar-refractivity contribution in [3.05, 3.63) is 298 Å². The van der Waals surface area contributed by atoms with Gasteiger partial charge in [-0.05, 0) is 164 Å². The number of anilines is 6. The highest BCUT2D eigenvalue weighted by atomic mass is 15.1. The summed E-state index contributed by atoms with van der Waals surface area (Å²) in [6.45, 7) is -0.116. The minimum Gasteiger partial charge on any atom is -0.310 e. The van der Waals surface area contributed by atoms with Crippen LogP contribution in [0.5, 0.6) is 0 Å². The number of allylic oxidation sites excluding steroid dienone is 2. The van der Waals surface area contributed by atoms with Crippen LogP contribution in [0, 0.1) is 13.8 Å². The Balaban J connectivity index is 1.15. The van der Waals surface area contributed by atoms with Gasteiger partial charge in [0.25, 0.3) is 0 Å². The minimum atomic E-state index is -2.33. The van der Waals surface area contributed by atoms with Crippen LogP contribution >= 0.6 is 0 Å². The summed E-state index contributed by atoms with van der Waals surface area (Å²) in [5.41, 5.74) is 22.6. The van der Waals surface area contributed by atoms with Crippen molar-refractivity contribution in [3.63, 3.8) is 0 Å². The van der Waals surface area contributed by atoms with Gasteiger partial charge in [-0.25, -0.2) is 0 Å². The Morgan fingerprint density at radius 2 is 0.603 bits per heavy atom. The SMILES string of the molecule is [2H]C([2H])([2H])c1ccc2c(c1)C1(C3=C(c4ccc(N(c5ccccc5)c5ccccc5)cc41)C1(c4cc(N(c5ccccc5)c5ccccc5)ccc43)c3ccccc3-c3ccc(C)cc31)c1ccccc1-2. The van der Waals surface area contributed by atoms with Crippen molar-refractivity contribution >= 4 is 45.3 Å². The van der Waals surface area contributed by atoms with E-state index in [1.165, 1.54) is 44.5 Å². The van der Waals surface area contributed by atoms with E-state index in [1.807, 2.05) is 12.1 Å². The monoisotopic (exact) mass is 869 g/mol. The van der Waals surface area contributed by atoms with Crippen LogP contribution in [0.3, 0.4) is 0 Å². The van der Waals surface area contributed by atoms with Crippen molar-refractivity contribution in [3.8, 4) is 22.3 Å². The Hall–Kier alpha value is -8.46. The smallest absolute Gasteiger partial charge is 0.0729 e. The van der Waals surface area contributed by atoms with E-state index >= 15 is 0 Å². The maximum atomic E-state index is 8.87. The number of fused-ring (bicyclic) bond motifs is 18. The third-order valence-corrected chi connectivity index (χ3v) is 15.2. The van der Waals surface area contributed by atoms with Crippen molar-refractivity contribution in [2.75, 3.05) is 9.80 Å². The topological polar surface area (TPSA) is 6.48 Å². The maximum absolute atomic E-state index is 8.87. The van der Waals surface area contributed by atoms with Gasteiger partial charge in [-0.2, -0.15) is 0 Å². The van der Waals surface area contributed by atoms with Gasteiger partial charge in [0.15, 0.2) is 0 Å². The summed E-state index contributed by atoms with van der Waals surface area (Å²) in [6, 6.07) is 87.5. The molecule has 2 unspecified atom stereocenters. The van der Waals surface area contributed by atoms with Gasteiger partial charge >= 0.3 is 0 Å². The van der Waals surface area contributed by atoms with E-state index in [0.29, 0.717) is 5.56 Å². The lowest BCUT2D eigenvalue weighted by Gasteiger charge is -2.36. The Labute approximate surface area is 402 Å². The zero-order chi connectivity index (χ0) is 47.6.